The molecule has 0 radical (unpaired) electrons. The van der Waals surface area contributed by atoms with Gasteiger partial charge in [0.25, 0.3) is 6.43 Å². The maximum absolute atomic E-state index is 12.9. The fraction of sp³-hybridized carbons (Fsp3) is 0.167. The van der Waals surface area contributed by atoms with Crippen molar-refractivity contribution in [1.29, 1.82) is 0 Å². The first-order chi connectivity index (χ1) is 6.75. The molecule has 0 spiro atoms. The van der Waals surface area contributed by atoms with Gasteiger partial charge in [0.2, 0.25) is 16.0 Å². The lowest BCUT2D eigenvalue weighted by Gasteiger charge is -2.08. The number of sulfonamides is 1. The van der Waals surface area contributed by atoms with Gasteiger partial charge in [-0.3, -0.25) is 0 Å². The standard InChI is InChI=1S/C6H4ClF3N2O2S/c7-2-1-12-6(10)4(15(11,13)14)3(2)5(8)9/h1,5H,(H2,11,13,14). The summed E-state index contributed by atoms with van der Waals surface area (Å²) in [5.74, 6) is -1.60. The van der Waals surface area contributed by atoms with Crippen LogP contribution in [0.2, 0.25) is 5.02 Å². The maximum atomic E-state index is 12.9. The van der Waals surface area contributed by atoms with E-state index in [9.17, 15) is 21.6 Å². The van der Waals surface area contributed by atoms with Crippen LogP contribution in [0.15, 0.2) is 11.1 Å². The van der Waals surface area contributed by atoms with Crippen molar-refractivity contribution in [1.82, 2.24) is 4.98 Å². The lowest BCUT2D eigenvalue weighted by Crippen LogP contribution is -2.18. The normalized spacial score (nSPS) is 12.1. The largest absolute Gasteiger partial charge is 0.266 e. The Morgan fingerprint density at radius 1 is 1.47 bits per heavy atom. The van der Waals surface area contributed by atoms with Crippen LogP contribution in [0.25, 0.3) is 0 Å². The van der Waals surface area contributed by atoms with E-state index in [1.54, 1.807) is 0 Å². The minimum absolute atomic E-state index is 0.590. The second-order valence-electron chi connectivity index (χ2n) is 2.49. The fourth-order valence-electron chi connectivity index (χ4n) is 0.935. The molecule has 84 valence electrons. The van der Waals surface area contributed by atoms with Crippen molar-refractivity contribution in [3.8, 4) is 0 Å². The molecule has 2 N–H and O–H groups in total. The summed E-state index contributed by atoms with van der Waals surface area (Å²) in [7, 11) is -4.63. The highest BCUT2D eigenvalue weighted by molar-refractivity contribution is 7.89. The molecule has 0 unspecified atom stereocenters. The van der Waals surface area contributed by atoms with Gasteiger partial charge in [-0.15, -0.1) is 0 Å². The molecule has 0 fully saturated rings. The number of nitrogens with two attached hydrogens (primary N) is 1. The van der Waals surface area contributed by atoms with Crippen LogP contribution in [0.5, 0.6) is 0 Å². The van der Waals surface area contributed by atoms with Crippen molar-refractivity contribution in [2.45, 2.75) is 11.3 Å². The highest BCUT2D eigenvalue weighted by atomic mass is 35.5. The number of primary sulfonamides is 1. The van der Waals surface area contributed by atoms with Gasteiger partial charge in [0.05, 0.1) is 10.6 Å². The Kier molecular flexibility index (Phi) is 3.22. The molecule has 1 heterocycles. The first-order valence-corrected chi connectivity index (χ1v) is 5.32. The first-order valence-electron chi connectivity index (χ1n) is 3.40. The predicted molar refractivity (Wildman–Crippen MR) is 45.5 cm³/mol. The first kappa shape index (κ1) is 12.2. The number of nitrogens with zero attached hydrogens (tertiary/aromatic N) is 1. The third kappa shape index (κ3) is 2.39. The quantitative estimate of drug-likeness (QED) is 0.818. The van der Waals surface area contributed by atoms with E-state index in [2.05, 4.69) is 10.1 Å². The third-order valence-electron chi connectivity index (χ3n) is 1.48. The van der Waals surface area contributed by atoms with Crippen LogP contribution in [0, 0.1) is 5.95 Å². The Morgan fingerprint density at radius 2 is 2.00 bits per heavy atom. The Labute approximate surface area is 87.9 Å². The number of pyridine rings is 1. The summed E-state index contributed by atoms with van der Waals surface area (Å²) >= 11 is 5.27. The van der Waals surface area contributed by atoms with Crippen molar-refractivity contribution >= 4 is 21.6 Å². The Balaban J connectivity index is 3.68. The van der Waals surface area contributed by atoms with Gasteiger partial charge in [0.15, 0.2) is 0 Å². The van der Waals surface area contributed by atoms with Gasteiger partial charge >= 0.3 is 0 Å². The minimum Gasteiger partial charge on any atom is -0.226 e. The zero-order chi connectivity index (χ0) is 11.8. The van der Waals surface area contributed by atoms with Crippen molar-refractivity contribution in [2.24, 2.45) is 5.14 Å². The van der Waals surface area contributed by atoms with E-state index in [4.69, 9.17) is 11.6 Å². The van der Waals surface area contributed by atoms with Gasteiger partial charge in [-0.2, -0.15) is 4.39 Å². The second-order valence-corrected chi connectivity index (χ2v) is 4.39. The summed E-state index contributed by atoms with van der Waals surface area (Å²) in [6, 6.07) is 0. The Bertz CT molecular complexity index is 491. The molecule has 0 aliphatic carbocycles. The molecule has 15 heavy (non-hydrogen) atoms. The lowest BCUT2D eigenvalue weighted by atomic mass is 10.3. The van der Waals surface area contributed by atoms with E-state index < -0.39 is 37.9 Å². The Hall–Kier alpha value is -0.860. The molecular formula is C6H4ClF3N2O2S. The molecule has 0 atom stereocenters. The van der Waals surface area contributed by atoms with E-state index in [0.29, 0.717) is 6.20 Å². The number of hydrogen-bond acceptors (Lipinski definition) is 3. The summed E-state index contributed by atoms with van der Waals surface area (Å²) in [4.78, 5) is 1.53. The fourth-order valence-corrected chi connectivity index (χ4v) is 2.01. The molecule has 1 aromatic rings. The van der Waals surface area contributed by atoms with Gasteiger partial charge in [0, 0.05) is 6.20 Å². The third-order valence-corrected chi connectivity index (χ3v) is 2.74. The van der Waals surface area contributed by atoms with Gasteiger partial charge < -0.3 is 0 Å². The highest BCUT2D eigenvalue weighted by Gasteiger charge is 2.28. The van der Waals surface area contributed by atoms with Gasteiger partial charge in [-0.1, -0.05) is 11.6 Å². The lowest BCUT2D eigenvalue weighted by molar-refractivity contribution is 0.146. The van der Waals surface area contributed by atoms with Crippen molar-refractivity contribution in [3.63, 3.8) is 0 Å². The van der Waals surface area contributed by atoms with Crippen LogP contribution in [0.4, 0.5) is 13.2 Å². The van der Waals surface area contributed by atoms with Gasteiger partial charge in [-0.05, 0) is 0 Å². The second kappa shape index (κ2) is 3.95. The van der Waals surface area contributed by atoms with Crippen LogP contribution in [0.3, 0.4) is 0 Å². The molecule has 0 aliphatic rings. The van der Waals surface area contributed by atoms with E-state index >= 15 is 0 Å². The van der Waals surface area contributed by atoms with E-state index in [-0.39, 0.29) is 0 Å². The smallest absolute Gasteiger partial charge is 0.226 e. The van der Waals surface area contributed by atoms with E-state index in [1.807, 2.05) is 0 Å². The molecule has 0 amide bonds. The molecular weight excluding hydrogens is 257 g/mol. The SMILES string of the molecule is NS(=O)(=O)c1c(F)ncc(Cl)c1C(F)F. The summed E-state index contributed by atoms with van der Waals surface area (Å²) in [6.45, 7) is 0. The topological polar surface area (TPSA) is 73.1 Å². The Morgan fingerprint density at radius 3 is 2.33 bits per heavy atom. The van der Waals surface area contributed by atoms with Crippen molar-refractivity contribution in [3.05, 3.63) is 22.7 Å². The zero-order valence-corrected chi connectivity index (χ0v) is 8.49. The number of aromatic nitrogens is 1. The van der Waals surface area contributed by atoms with Crippen LogP contribution in [0.1, 0.15) is 12.0 Å². The zero-order valence-electron chi connectivity index (χ0n) is 6.92. The van der Waals surface area contributed by atoms with Crippen LogP contribution in [-0.4, -0.2) is 13.4 Å². The van der Waals surface area contributed by atoms with Crippen molar-refractivity contribution in [2.75, 3.05) is 0 Å². The van der Waals surface area contributed by atoms with Crippen LogP contribution in [-0.2, 0) is 10.0 Å². The molecule has 9 heteroatoms. The number of rotatable bonds is 2. The van der Waals surface area contributed by atoms with Crippen molar-refractivity contribution < 1.29 is 21.6 Å². The predicted octanol–water partition coefficient (Wildman–Crippen LogP) is 1.46. The average Bonchev–Trinajstić information content (AvgIpc) is 2.05. The van der Waals surface area contributed by atoms with Gasteiger partial charge in [-0.25, -0.2) is 27.3 Å². The average molecular weight is 261 g/mol. The molecule has 4 nitrogen and oxygen atoms in total. The summed E-state index contributed by atoms with van der Waals surface area (Å²) in [6.07, 6.45) is -2.67. The van der Waals surface area contributed by atoms with Crippen LogP contribution >= 0.6 is 11.6 Å². The number of halogens is 4. The molecule has 1 rings (SSSR count). The number of alkyl halides is 2. The number of hydrogen-bond donors (Lipinski definition) is 1. The highest BCUT2D eigenvalue weighted by Crippen LogP contribution is 2.32. The summed E-state index contributed by atoms with van der Waals surface area (Å²) in [5.41, 5.74) is -1.17. The van der Waals surface area contributed by atoms with Crippen LogP contribution < -0.4 is 5.14 Å². The molecule has 0 saturated heterocycles. The molecule has 0 aliphatic heterocycles. The molecule has 0 saturated carbocycles. The van der Waals surface area contributed by atoms with E-state index in [1.165, 1.54) is 0 Å². The minimum atomic E-state index is -4.63. The molecule has 1 aromatic heterocycles. The summed E-state index contributed by atoms with van der Waals surface area (Å²) < 4.78 is 59.4. The molecule has 0 aromatic carbocycles. The van der Waals surface area contributed by atoms with Gasteiger partial charge in [0.1, 0.15) is 4.90 Å². The molecule has 0 bridgehead atoms. The summed E-state index contributed by atoms with van der Waals surface area (Å²) in [5, 5.41) is 3.91. The monoisotopic (exact) mass is 260 g/mol. The maximum Gasteiger partial charge on any atom is 0.266 e. The van der Waals surface area contributed by atoms with E-state index in [0.717, 1.165) is 0 Å².